The smallest absolute Gasteiger partial charge is 0.292 e. The Morgan fingerprint density at radius 1 is 0.931 bits per heavy atom. The number of hydrogen-bond donors (Lipinski definition) is 1. The van der Waals surface area contributed by atoms with Crippen molar-refractivity contribution in [1.82, 2.24) is 0 Å². The second-order valence-electron chi connectivity index (χ2n) is 5.20. The maximum atomic E-state index is 13.4. The Labute approximate surface area is 152 Å². The Hall–Kier alpha value is -1.08. The van der Waals surface area contributed by atoms with Crippen LogP contribution >= 0.6 is 0 Å². The molecule has 0 saturated heterocycles. The summed E-state index contributed by atoms with van der Waals surface area (Å²) in [5.74, 6) is -12.3. The lowest BCUT2D eigenvalue weighted by atomic mass is 10.3. The minimum Gasteiger partial charge on any atom is -0.292 e. The Morgan fingerprint density at radius 3 is 1.52 bits per heavy atom. The van der Waals surface area contributed by atoms with Crippen LogP contribution in [0.4, 0.5) is 57.1 Å². The third kappa shape index (κ3) is 4.82. The van der Waals surface area contributed by atoms with Gasteiger partial charge in [0.05, 0.1) is 13.1 Å². The van der Waals surface area contributed by atoms with Crippen molar-refractivity contribution in [2.45, 2.75) is 48.5 Å². The van der Waals surface area contributed by atoms with Gasteiger partial charge in [-0.05, 0) is 0 Å². The Morgan fingerprint density at radius 2 is 1.28 bits per heavy atom. The van der Waals surface area contributed by atoms with Gasteiger partial charge in [-0.1, -0.05) is 6.92 Å². The van der Waals surface area contributed by atoms with Crippen LogP contribution in [0, 0.1) is 5.92 Å². The van der Waals surface area contributed by atoms with Gasteiger partial charge in [-0.15, -0.1) is 0 Å². The van der Waals surface area contributed by atoms with E-state index in [4.69, 9.17) is 4.55 Å². The second-order valence-corrected chi connectivity index (χ2v) is 6.66. The van der Waals surface area contributed by atoms with Crippen LogP contribution in [0.3, 0.4) is 0 Å². The van der Waals surface area contributed by atoms with Gasteiger partial charge in [0.25, 0.3) is 5.85 Å². The molecule has 0 bridgehead atoms. The molecule has 0 aromatic carbocycles. The van der Waals surface area contributed by atoms with Crippen molar-refractivity contribution in [3.63, 3.8) is 0 Å². The molecule has 1 rings (SSSR count). The first-order chi connectivity index (χ1) is 12.5. The summed E-state index contributed by atoms with van der Waals surface area (Å²) < 4.78 is 198. The molecule has 176 valence electrons. The number of halogens is 13. The first-order valence-electron chi connectivity index (χ1n) is 6.45. The fourth-order valence-corrected chi connectivity index (χ4v) is 1.95. The first-order valence-corrected chi connectivity index (χ1v) is 7.89. The van der Waals surface area contributed by atoms with Gasteiger partial charge in [-0.3, -0.25) is 18.4 Å². The lowest BCUT2D eigenvalue weighted by Crippen LogP contribution is -2.58. The van der Waals surface area contributed by atoms with Crippen molar-refractivity contribution in [3.8, 4) is 0 Å². The summed E-state index contributed by atoms with van der Waals surface area (Å²) in [7, 11) is -6.70. The highest BCUT2D eigenvalue weighted by molar-refractivity contribution is 7.86. The summed E-state index contributed by atoms with van der Waals surface area (Å²) in [5.41, 5.74) is 0. The van der Waals surface area contributed by atoms with Crippen molar-refractivity contribution >= 4 is 10.1 Å². The number of ether oxygens (including phenoxy) is 2. The van der Waals surface area contributed by atoms with E-state index in [1.54, 1.807) is 0 Å². The summed E-state index contributed by atoms with van der Waals surface area (Å²) in [6, 6.07) is 0. The number of alkyl halides is 13. The molecular weight excluding hydrogens is 479 g/mol. The van der Waals surface area contributed by atoms with Crippen LogP contribution in [0.2, 0.25) is 0 Å². The monoisotopic (exact) mass is 488 g/mol. The van der Waals surface area contributed by atoms with Crippen molar-refractivity contribution in [3.05, 3.63) is 0 Å². The SMILES string of the molecule is CC1C(F)(F)C1(F)OC(F)(F)C(OC(F)(F)C(F)(F)S(=O)(=O)O)C(F)(F)F.CF. The van der Waals surface area contributed by atoms with E-state index in [-0.39, 0.29) is 6.92 Å². The van der Waals surface area contributed by atoms with Crippen LogP contribution in [-0.2, 0) is 19.6 Å². The van der Waals surface area contributed by atoms with Crippen molar-refractivity contribution in [1.29, 1.82) is 0 Å². The van der Waals surface area contributed by atoms with E-state index in [2.05, 4.69) is 9.47 Å². The zero-order chi connectivity index (χ0) is 24.1. The summed E-state index contributed by atoms with van der Waals surface area (Å²) >= 11 is 0. The highest BCUT2D eigenvalue weighted by Crippen LogP contribution is 2.64. The maximum Gasteiger partial charge on any atom is 0.459 e. The van der Waals surface area contributed by atoms with Crippen molar-refractivity contribution < 1.29 is 79.5 Å². The van der Waals surface area contributed by atoms with E-state index >= 15 is 0 Å². The normalized spacial score (nSPS) is 26.4. The van der Waals surface area contributed by atoms with Gasteiger partial charge in [-0.25, -0.2) is 4.39 Å². The van der Waals surface area contributed by atoms with Crippen LogP contribution in [0.5, 0.6) is 0 Å². The molecule has 1 aliphatic rings. The standard InChI is InChI=1S/C9H6F12O5S.CH3F/c1-2-4(10,11)5(2,12)26-7(16,17)3(6(13,14)15)25-8(18,19)9(20,21)27(22,23)24;1-2/h2-3H,1H3,(H,22,23,24);1H3. The Bertz CT molecular complexity index is 691. The van der Waals surface area contributed by atoms with Crippen molar-refractivity contribution in [2.75, 3.05) is 7.18 Å². The summed E-state index contributed by atoms with van der Waals surface area (Å²) in [6.07, 6.45) is -25.8. The van der Waals surface area contributed by atoms with E-state index in [0.717, 1.165) is 0 Å². The minimum absolute atomic E-state index is 0.181. The van der Waals surface area contributed by atoms with E-state index in [9.17, 15) is 65.5 Å². The predicted octanol–water partition coefficient (Wildman–Crippen LogP) is 4.15. The van der Waals surface area contributed by atoms with Gasteiger partial charge in [0.1, 0.15) is 0 Å². The van der Waals surface area contributed by atoms with Crippen LogP contribution in [0.1, 0.15) is 6.92 Å². The molecule has 29 heavy (non-hydrogen) atoms. The van der Waals surface area contributed by atoms with Crippen molar-refractivity contribution in [2.24, 2.45) is 5.92 Å². The fraction of sp³-hybridized carbons (Fsp3) is 1.00. The second kappa shape index (κ2) is 7.56. The van der Waals surface area contributed by atoms with Gasteiger partial charge in [0.2, 0.25) is 6.10 Å². The topological polar surface area (TPSA) is 72.8 Å². The molecule has 0 spiro atoms. The van der Waals surface area contributed by atoms with Crippen LogP contribution in [-0.4, -0.2) is 61.7 Å². The minimum atomic E-state index is -7.20. The van der Waals surface area contributed by atoms with Crippen LogP contribution in [0.25, 0.3) is 0 Å². The van der Waals surface area contributed by atoms with E-state index < -0.39 is 57.6 Å². The molecule has 0 amide bonds. The molecule has 1 saturated carbocycles. The number of hydrogen-bond acceptors (Lipinski definition) is 4. The molecule has 0 aliphatic heterocycles. The Balaban J connectivity index is 0.00000379. The van der Waals surface area contributed by atoms with Gasteiger partial charge >= 0.3 is 39.7 Å². The molecule has 3 atom stereocenters. The number of rotatable bonds is 7. The molecule has 19 heteroatoms. The van der Waals surface area contributed by atoms with Gasteiger partial charge in [-0.2, -0.15) is 56.7 Å². The molecule has 0 aromatic heterocycles. The van der Waals surface area contributed by atoms with E-state index in [1.807, 2.05) is 0 Å². The summed E-state index contributed by atoms with van der Waals surface area (Å²) in [6.45, 7) is 0.181. The fourth-order valence-electron chi connectivity index (χ4n) is 1.60. The van der Waals surface area contributed by atoms with Crippen LogP contribution in [0.15, 0.2) is 0 Å². The largest absolute Gasteiger partial charge is 0.459 e. The first kappa shape index (κ1) is 27.9. The summed E-state index contributed by atoms with van der Waals surface area (Å²) in [4.78, 5) is 0. The molecular formula is C10H9F13O5S. The molecule has 5 nitrogen and oxygen atoms in total. The van der Waals surface area contributed by atoms with E-state index in [1.165, 1.54) is 0 Å². The molecule has 1 fully saturated rings. The highest BCUT2D eigenvalue weighted by atomic mass is 32.2. The molecule has 1 N–H and O–H groups in total. The lowest BCUT2D eigenvalue weighted by Gasteiger charge is -2.33. The molecule has 0 heterocycles. The maximum absolute atomic E-state index is 13.4. The highest BCUT2D eigenvalue weighted by Gasteiger charge is 2.86. The van der Waals surface area contributed by atoms with Gasteiger partial charge < -0.3 is 0 Å². The third-order valence-electron chi connectivity index (χ3n) is 3.29. The quantitative estimate of drug-likeness (QED) is 0.431. The third-order valence-corrected chi connectivity index (χ3v) is 4.17. The Kier molecular flexibility index (Phi) is 7.28. The lowest BCUT2D eigenvalue weighted by molar-refractivity contribution is -0.449. The summed E-state index contributed by atoms with van der Waals surface area (Å²) in [5, 5.41) is -6.89. The zero-order valence-electron chi connectivity index (χ0n) is 13.6. The average Bonchev–Trinajstić information content (AvgIpc) is 2.86. The molecule has 3 unspecified atom stereocenters. The molecule has 1 aliphatic carbocycles. The van der Waals surface area contributed by atoms with Gasteiger partial charge in [0, 0.05) is 0 Å². The van der Waals surface area contributed by atoms with Gasteiger partial charge in [0.15, 0.2) is 0 Å². The zero-order valence-corrected chi connectivity index (χ0v) is 14.4. The van der Waals surface area contributed by atoms with Crippen LogP contribution < -0.4 is 0 Å². The van der Waals surface area contributed by atoms with E-state index in [0.29, 0.717) is 7.18 Å². The molecule has 0 radical (unpaired) electrons. The average molecular weight is 488 g/mol. The molecule has 0 aromatic rings. The predicted molar refractivity (Wildman–Crippen MR) is 63.4 cm³/mol.